The van der Waals surface area contributed by atoms with Gasteiger partial charge in [-0.3, -0.25) is 14.4 Å². The van der Waals surface area contributed by atoms with Crippen molar-refractivity contribution in [1.82, 2.24) is 4.90 Å². The molecule has 1 heterocycles. The van der Waals surface area contributed by atoms with Gasteiger partial charge in [-0.2, -0.15) is 0 Å². The summed E-state index contributed by atoms with van der Waals surface area (Å²) in [5.41, 5.74) is 0.576. The van der Waals surface area contributed by atoms with E-state index < -0.39 is 17.2 Å². The van der Waals surface area contributed by atoms with Gasteiger partial charge in [-0.05, 0) is 49.4 Å². The Balaban J connectivity index is 1.52. The second-order valence-electron chi connectivity index (χ2n) is 8.94. The van der Waals surface area contributed by atoms with Crippen LogP contribution in [-0.2, 0) is 9.59 Å². The van der Waals surface area contributed by atoms with Crippen LogP contribution in [0.15, 0.2) is 36.4 Å². The second kappa shape index (κ2) is 9.60. The van der Waals surface area contributed by atoms with E-state index in [1.165, 1.54) is 19.2 Å². The number of hydrogen-bond donors (Lipinski definition) is 0. The molecule has 4 rings (SSSR count). The van der Waals surface area contributed by atoms with Crippen molar-refractivity contribution in [2.75, 3.05) is 20.2 Å². The van der Waals surface area contributed by atoms with E-state index in [9.17, 15) is 18.8 Å². The molecule has 0 bridgehead atoms. The van der Waals surface area contributed by atoms with Crippen molar-refractivity contribution in [3.05, 3.63) is 63.9 Å². The van der Waals surface area contributed by atoms with Gasteiger partial charge in [0.05, 0.1) is 12.7 Å². The summed E-state index contributed by atoms with van der Waals surface area (Å²) in [6.45, 7) is 2.44. The summed E-state index contributed by atoms with van der Waals surface area (Å²) in [5.74, 6) is 3.79. The SMILES string of the molecule is CC#Cc1cc(Cl)c(C2C(=O)CC3(CCN(C(=O)c4ccccc4F)CC3)CC2=O)c(OC)c1. The number of Topliss-reactive ketones (excluding diaryl/α,β-unsaturated/α-hetero) is 2. The maximum atomic E-state index is 14.0. The third-order valence-electron chi connectivity index (χ3n) is 6.83. The lowest BCUT2D eigenvalue weighted by atomic mass is 9.63. The van der Waals surface area contributed by atoms with Gasteiger partial charge in [0.1, 0.15) is 29.1 Å². The van der Waals surface area contributed by atoms with Crippen LogP contribution in [0, 0.1) is 23.1 Å². The van der Waals surface area contributed by atoms with Gasteiger partial charge in [0.15, 0.2) is 0 Å². The maximum Gasteiger partial charge on any atom is 0.256 e. The van der Waals surface area contributed by atoms with Gasteiger partial charge >= 0.3 is 0 Å². The molecular formula is C27H25ClFNO4. The topological polar surface area (TPSA) is 63.7 Å². The number of carbonyl (C=O) groups is 3. The van der Waals surface area contributed by atoms with Crippen LogP contribution >= 0.6 is 11.6 Å². The van der Waals surface area contributed by atoms with Crippen LogP contribution in [0.2, 0.25) is 5.02 Å². The largest absolute Gasteiger partial charge is 0.496 e. The molecule has 1 saturated heterocycles. The predicted molar refractivity (Wildman–Crippen MR) is 127 cm³/mol. The summed E-state index contributed by atoms with van der Waals surface area (Å²) in [5, 5.41) is 0.282. The summed E-state index contributed by atoms with van der Waals surface area (Å²) in [6, 6.07) is 9.23. The Morgan fingerprint density at radius 1 is 1.15 bits per heavy atom. The number of likely N-dealkylation sites (tertiary alicyclic amines) is 1. The van der Waals surface area contributed by atoms with E-state index in [0.717, 1.165) is 0 Å². The summed E-state index contributed by atoms with van der Waals surface area (Å²) < 4.78 is 19.5. The van der Waals surface area contributed by atoms with Gasteiger partial charge in [-0.25, -0.2) is 4.39 Å². The lowest BCUT2D eigenvalue weighted by Gasteiger charge is -2.44. The van der Waals surface area contributed by atoms with Crippen LogP contribution in [-0.4, -0.2) is 42.6 Å². The normalized spacial score (nSPS) is 17.9. The fourth-order valence-corrected chi connectivity index (χ4v) is 5.43. The lowest BCUT2D eigenvalue weighted by Crippen LogP contribution is -2.48. The number of methoxy groups -OCH3 is 1. The minimum atomic E-state index is -0.977. The first-order chi connectivity index (χ1) is 16.3. The molecule has 0 N–H and O–H groups in total. The maximum absolute atomic E-state index is 14.0. The first-order valence-corrected chi connectivity index (χ1v) is 11.6. The van der Waals surface area contributed by atoms with Crippen molar-refractivity contribution in [3.8, 4) is 17.6 Å². The summed E-state index contributed by atoms with van der Waals surface area (Å²) >= 11 is 6.49. The van der Waals surface area contributed by atoms with Gasteiger partial charge < -0.3 is 9.64 Å². The van der Waals surface area contributed by atoms with Crippen LogP contribution in [0.1, 0.15) is 60.0 Å². The minimum Gasteiger partial charge on any atom is -0.496 e. The number of rotatable bonds is 3. The summed E-state index contributed by atoms with van der Waals surface area (Å²) in [4.78, 5) is 40.9. The highest BCUT2D eigenvalue weighted by molar-refractivity contribution is 6.32. The van der Waals surface area contributed by atoms with Gasteiger partial charge in [0, 0.05) is 42.1 Å². The number of amides is 1. The van der Waals surface area contributed by atoms with Crippen LogP contribution in [0.5, 0.6) is 5.75 Å². The third-order valence-corrected chi connectivity index (χ3v) is 7.14. The molecule has 1 aliphatic carbocycles. The van der Waals surface area contributed by atoms with E-state index in [4.69, 9.17) is 16.3 Å². The van der Waals surface area contributed by atoms with Crippen molar-refractivity contribution < 1.29 is 23.5 Å². The van der Waals surface area contributed by atoms with E-state index in [1.54, 1.807) is 36.1 Å². The zero-order valence-corrected chi connectivity index (χ0v) is 19.9. The molecule has 0 unspecified atom stereocenters. The van der Waals surface area contributed by atoms with Gasteiger partial charge in [-0.15, -0.1) is 5.92 Å². The van der Waals surface area contributed by atoms with Crippen LogP contribution < -0.4 is 4.74 Å². The number of ketones is 2. The Kier molecular flexibility index (Phi) is 6.77. The standard InChI is InChI=1S/C27H25ClFNO4/c1-3-6-17-13-19(28)24(23(14-17)34-2)25-21(31)15-27(16-22(25)32)9-11-30(12-10-27)26(33)18-7-4-5-8-20(18)29/h4-5,7-8,13-14,25H,9-12,15-16H2,1-2H3. The van der Waals surface area contributed by atoms with Gasteiger partial charge in [0.2, 0.25) is 0 Å². The predicted octanol–water partition coefficient (Wildman–Crippen LogP) is 4.80. The second-order valence-corrected chi connectivity index (χ2v) is 9.35. The molecule has 176 valence electrons. The van der Waals surface area contributed by atoms with Gasteiger partial charge in [-0.1, -0.05) is 29.7 Å². The molecule has 0 atom stereocenters. The Hall–Kier alpha value is -3.17. The molecule has 2 aromatic carbocycles. The molecule has 2 aliphatic rings. The number of hydrogen-bond acceptors (Lipinski definition) is 4. The van der Waals surface area contributed by atoms with Crippen molar-refractivity contribution in [2.24, 2.45) is 5.41 Å². The number of piperidine rings is 1. The van der Waals surface area contributed by atoms with Crippen molar-refractivity contribution >= 4 is 29.1 Å². The molecule has 0 radical (unpaired) electrons. The fraction of sp³-hybridized carbons (Fsp3) is 0.370. The average molecular weight is 482 g/mol. The number of benzene rings is 2. The van der Waals surface area contributed by atoms with Gasteiger partial charge in [0.25, 0.3) is 5.91 Å². The molecule has 1 saturated carbocycles. The highest BCUT2D eigenvalue weighted by Crippen LogP contribution is 2.48. The Labute approximate surface area is 203 Å². The molecule has 34 heavy (non-hydrogen) atoms. The molecule has 1 amide bonds. The molecule has 7 heteroatoms. The van der Waals surface area contributed by atoms with Crippen molar-refractivity contribution in [2.45, 2.75) is 38.5 Å². The molecular weight excluding hydrogens is 457 g/mol. The molecule has 2 fully saturated rings. The van der Waals surface area contributed by atoms with Crippen LogP contribution in [0.4, 0.5) is 4.39 Å². The van der Waals surface area contributed by atoms with E-state index in [2.05, 4.69) is 11.8 Å². The Morgan fingerprint density at radius 3 is 2.38 bits per heavy atom. The molecule has 2 aromatic rings. The molecule has 5 nitrogen and oxygen atoms in total. The molecule has 1 aliphatic heterocycles. The Bertz CT molecular complexity index is 1200. The lowest BCUT2D eigenvalue weighted by molar-refractivity contribution is -0.138. The minimum absolute atomic E-state index is 0.0345. The number of halogens is 2. The summed E-state index contributed by atoms with van der Waals surface area (Å²) in [7, 11) is 1.47. The van der Waals surface area contributed by atoms with E-state index in [1.807, 2.05) is 0 Å². The average Bonchev–Trinajstić information content (AvgIpc) is 2.80. The van der Waals surface area contributed by atoms with E-state index >= 15 is 0 Å². The van der Waals surface area contributed by atoms with Crippen LogP contribution in [0.3, 0.4) is 0 Å². The quantitative estimate of drug-likeness (QED) is 0.467. The zero-order valence-electron chi connectivity index (χ0n) is 19.1. The number of nitrogens with zero attached hydrogens (tertiary/aromatic N) is 1. The van der Waals surface area contributed by atoms with Crippen LogP contribution in [0.25, 0.3) is 0 Å². The van der Waals surface area contributed by atoms with E-state index in [0.29, 0.717) is 42.8 Å². The highest BCUT2D eigenvalue weighted by atomic mass is 35.5. The highest BCUT2D eigenvalue weighted by Gasteiger charge is 2.48. The smallest absolute Gasteiger partial charge is 0.256 e. The van der Waals surface area contributed by atoms with E-state index in [-0.39, 0.29) is 40.9 Å². The third kappa shape index (κ3) is 4.45. The molecule has 0 aromatic heterocycles. The summed E-state index contributed by atoms with van der Waals surface area (Å²) in [6.07, 6.45) is 1.46. The fourth-order valence-electron chi connectivity index (χ4n) is 5.11. The van der Waals surface area contributed by atoms with Crippen molar-refractivity contribution in [3.63, 3.8) is 0 Å². The first-order valence-electron chi connectivity index (χ1n) is 11.2. The zero-order chi connectivity index (χ0) is 24.5. The monoisotopic (exact) mass is 481 g/mol. The number of ether oxygens (including phenoxy) is 1. The molecule has 1 spiro atoms. The van der Waals surface area contributed by atoms with Crippen molar-refractivity contribution in [1.29, 1.82) is 0 Å². The first kappa shape index (κ1) is 24.0. The number of carbonyl (C=O) groups excluding carboxylic acids is 3. The Morgan fingerprint density at radius 2 is 1.79 bits per heavy atom.